The molecule has 0 radical (unpaired) electrons. The maximum absolute atomic E-state index is 12.3. The molecule has 0 bridgehead atoms. The number of likely N-dealkylation sites (tertiary alicyclic amines) is 1. The molecule has 4 N–H and O–H groups in total. The fraction of sp³-hybridized carbons (Fsp3) is 0.375. The zero-order chi connectivity index (χ0) is 16.2. The summed E-state index contributed by atoms with van der Waals surface area (Å²) in [5, 5.41) is 2.85. The number of hydrogen-bond donors (Lipinski definition) is 3. The highest BCUT2D eigenvalue weighted by molar-refractivity contribution is 5.94. The minimum atomic E-state index is -0.444. The first-order valence-corrected chi connectivity index (χ1v) is 7.67. The molecular formula is C16H20N4O3. The maximum atomic E-state index is 12.3. The zero-order valence-corrected chi connectivity index (χ0v) is 12.7. The fourth-order valence-electron chi connectivity index (χ4n) is 3.02. The number of nitrogens with one attached hydrogen (secondary N) is 2. The Morgan fingerprint density at radius 1 is 1.43 bits per heavy atom. The molecule has 1 aliphatic heterocycles. The number of urea groups is 1. The first kappa shape index (κ1) is 15.2. The van der Waals surface area contributed by atoms with Crippen LogP contribution in [0.15, 0.2) is 35.1 Å². The molecule has 7 nitrogen and oxygen atoms in total. The highest BCUT2D eigenvalue weighted by atomic mass is 16.3. The summed E-state index contributed by atoms with van der Waals surface area (Å²) < 4.78 is 5.20. The van der Waals surface area contributed by atoms with Crippen LogP contribution in [-0.4, -0.2) is 34.9 Å². The van der Waals surface area contributed by atoms with E-state index in [-0.39, 0.29) is 11.9 Å². The van der Waals surface area contributed by atoms with Crippen LogP contribution >= 0.6 is 0 Å². The van der Waals surface area contributed by atoms with E-state index in [1.165, 1.54) is 0 Å². The fourth-order valence-corrected chi connectivity index (χ4v) is 3.02. The molecule has 1 unspecified atom stereocenters. The van der Waals surface area contributed by atoms with Gasteiger partial charge in [0.2, 0.25) is 0 Å². The van der Waals surface area contributed by atoms with Crippen LogP contribution < -0.4 is 11.1 Å². The smallest absolute Gasteiger partial charge is 0.317 e. The summed E-state index contributed by atoms with van der Waals surface area (Å²) in [7, 11) is 0. The summed E-state index contributed by atoms with van der Waals surface area (Å²) in [5.74, 6) is 0.364. The summed E-state index contributed by atoms with van der Waals surface area (Å²) in [6.45, 7) is 1.62. The summed E-state index contributed by atoms with van der Waals surface area (Å²) in [6, 6.07) is 5.17. The predicted octanol–water partition coefficient (Wildman–Crippen LogP) is 1.80. The number of primary amides is 1. The van der Waals surface area contributed by atoms with Crippen LogP contribution in [0.5, 0.6) is 0 Å². The van der Waals surface area contributed by atoms with E-state index in [2.05, 4.69) is 10.3 Å². The van der Waals surface area contributed by atoms with Crippen LogP contribution in [0.4, 0.5) is 4.79 Å². The largest absolute Gasteiger partial charge is 0.467 e. The van der Waals surface area contributed by atoms with Gasteiger partial charge in [0, 0.05) is 30.9 Å². The van der Waals surface area contributed by atoms with Gasteiger partial charge in [0.1, 0.15) is 5.76 Å². The lowest BCUT2D eigenvalue weighted by Gasteiger charge is -2.32. The van der Waals surface area contributed by atoms with Crippen molar-refractivity contribution >= 4 is 11.9 Å². The number of H-pyrrole nitrogens is 1. The lowest BCUT2D eigenvalue weighted by atomic mass is 9.92. The number of hydrogen-bond acceptors (Lipinski definition) is 3. The molecule has 1 atom stereocenters. The molecular weight excluding hydrogens is 296 g/mol. The number of nitrogens with two attached hydrogens (primary N) is 1. The number of furan rings is 1. The van der Waals surface area contributed by atoms with Crippen molar-refractivity contribution in [2.24, 2.45) is 5.73 Å². The number of carbonyl (C=O) groups excluding carboxylic acids is 2. The number of nitrogens with zero attached hydrogens (tertiary/aromatic N) is 1. The van der Waals surface area contributed by atoms with Crippen LogP contribution in [0, 0.1) is 0 Å². The molecule has 23 heavy (non-hydrogen) atoms. The molecule has 0 saturated carbocycles. The lowest BCUT2D eigenvalue weighted by molar-refractivity contribution is 0.0998. The highest BCUT2D eigenvalue weighted by Gasteiger charge is 2.27. The van der Waals surface area contributed by atoms with E-state index < -0.39 is 5.91 Å². The second kappa shape index (κ2) is 6.60. The molecule has 1 aliphatic rings. The van der Waals surface area contributed by atoms with E-state index in [0.717, 1.165) is 18.5 Å². The van der Waals surface area contributed by atoms with Gasteiger partial charge < -0.3 is 25.4 Å². The molecule has 0 spiro atoms. The van der Waals surface area contributed by atoms with Crippen molar-refractivity contribution in [1.29, 1.82) is 0 Å². The third kappa shape index (κ3) is 3.39. The lowest BCUT2D eigenvalue weighted by Crippen LogP contribution is -2.45. The van der Waals surface area contributed by atoms with Crippen LogP contribution in [0.25, 0.3) is 0 Å². The molecule has 1 saturated heterocycles. The van der Waals surface area contributed by atoms with E-state index in [4.69, 9.17) is 10.2 Å². The molecule has 3 heterocycles. The summed E-state index contributed by atoms with van der Waals surface area (Å²) in [5.41, 5.74) is 6.73. The third-order valence-electron chi connectivity index (χ3n) is 4.16. The van der Waals surface area contributed by atoms with Gasteiger partial charge in [-0.15, -0.1) is 0 Å². The number of amides is 3. The van der Waals surface area contributed by atoms with Crippen molar-refractivity contribution < 1.29 is 14.0 Å². The van der Waals surface area contributed by atoms with E-state index in [1.54, 1.807) is 29.5 Å². The van der Waals surface area contributed by atoms with Gasteiger partial charge in [-0.05, 0) is 31.0 Å². The highest BCUT2D eigenvalue weighted by Crippen LogP contribution is 2.28. The first-order chi connectivity index (χ1) is 11.1. The van der Waals surface area contributed by atoms with Crippen LogP contribution in [0.1, 0.15) is 40.6 Å². The van der Waals surface area contributed by atoms with Crippen LogP contribution in [0.2, 0.25) is 0 Å². The Morgan fingerprint density at radius 2 is 2.30 bits per heavy atom. The van der Waals surface area contributed by atoms with Gasteiger partial charge >= 0.3 is 6.03 Å². The Bertz CT molecular complexity index is 677. The molecule has 0 aliphatic carbocycles. The van der Waals surface area contributed by atoms with E-state index in [0.29, 0.717) is 31.0 Å². The number of aromatic nitrogens is 1. The molecule has 2 aromatic rings. The van der Waals surface area contributed by atoms with E-state index >= 15 is 0 Å². The van der Waals surface area contributed by atoms with Crippen molar-refractivity contribution in [2.45, 2.75) is 25.3 Å². The van der Waals surface area contributed by atoms with Crippen molar-refractivity contribution in [2.75, 3.05) is 13.1 Å². The summed E-state index contributed by atoms with van der Waals surface area (Å²) in [6.07, 6.45) is 5.10. The van der Waals surface area contributed by atoms with Gasteiger partial charge in [-0.3, -0.25) is 4.79 Å². The second-order valence-corrected chi connectivity index (χ2v) is 5.69. The van der Waals surface area contributed by atoms with Crippen molar-refractivity contribution in [3.8, 4) is 0 Å². The van der Waals surface area contributed by atoms with Crippen molar-refractivity contribution in [3.63, 3.8) is 0 Å². The second-order valence-electron chi connectivity index (χ2n) is 5.69. The predicted molar refractivity (Wildman–Crippen MR) is 83.8 cm³/mol. The van der Waals surface area contributed by atoms with E-state index in [9.17, 15) is 9.59 Å². The van der Waals surface area contributed by atoms with Crippen LogP contribution in [-0.2, 0) is 6.54 Å². The topological polar surface area (TPSA) is 104 Å². The van der Waals surface area contributed by atoms with Gasteiger partial charge in [0.15, 0.2) is 0 Å². The molecule has 3 rings (SSSR count). The normalized spacial score (nSPS) is 17.9. The Kier molecular flexibility index (Phi) is 4.36. The van der Waals surface area contributed by atoms with Gasteiger partial charge in [-0.25, -0.2) is 4.79 Å². The molecule has 0 aromatic carbocycles. The quantitative estimate of drug-likeness (QED) is 0.801. The molecule has 3 amide bonds. The van der Waals surface area contributed by atoms with Gasteiger partial charge in [-0.1, -0.05) is 0 Å². The van der Waals surface area contributed by atoms with E-state index in [1.807, 2.05) is 6.07 Å². The Morgan fingerprint density at radius 3 is 3.04 bits per heavy atom. The average molecular weight is 316 g/mol. The monoisotopic (exact) mass is 316 g/mol. The number of aromatic amines is 1. The van der Waals surface area contributed by atoms with Crippen LogP contribution in [0.3, 0.4) is 0 Å². The van der Waals surface area contributed by atoms with Gasteiger partial charge in [0.05, 0.1) is 18.4 Å². The van der Waals surface area contributed by atoms with Gasteiger partial charge in [0.25, 0.3) is 5.91 Å². The molecule has 1 fully saturated rings. The molecule has 122 valence electrons. The Labute approximate surface area is 133 Å². The van der Waals surface area contributed by atoms with Crippen molar-refractivity contribution in [1.82, 2.24) is 15.2 Å². The standard InChI is InChI=1S/C16H20N4O3/c17-15(21)13-5-6-18-14(13)11-3-1-7-20(10-11)16(22)19-9-12-4-2-8-23-12/h2,4-6,8,11,18H,1,3,7,9-10H2,(H2,17,21)(H,19,22). The Balaban J connectivity index is 1.62. The first-order valence-electron chi connectivity index (χ1n) is 7.67. The zero-order valence-electron chi connectivity index (χ0n) is 12.7. The minimum absolute atomic E-state index is 0.0932. The SMILES string of the molecule is NC(=O)c1cc[nH]c1C1CCCN(C(=O)NCc2ccco2)C1. The van der Waals surface area contributed by atoms with Gasteiger partial charge in [-0.2, -0.15) is 0 Å². The third-order valence-corrected chi connectivity index (χ3v) is 4.16. The molecule has 2 aromatic heterocycles. The molecule has 7 heteroatoms. The summed E-state index contributed by atoms with van der Waals surface area (Å²) >= 11 is 0. The maximum Gasteiger partial charge on any atom is 0.317 e. The van der Waals surface area contributed by atoms with Crippen molar-refractivity contribution in [3.05, 3.63) is 47.7 Å². The Hall–Kier alpha value is -2.70. The average Bonchev–Trinajstić information content (AvgIpc) is 3.24. The minimum Gasteiger partial charge on any atom is -0.467 e. The summed E-state index contributed by atoms with van der Waals surface area (Å²) in [4.78, 5) is 28.6. The number of carbonyl (C=O) groups is 2. The number of rotatable bonds is 4. The number of piperidine rings is 1.